The van der Waals surface area contributed by atoms with Crippen molar-refractivity contribution >= 4 is 47.1 Å². The molecule has 0 aromatic carbocycles. The van der Waals surface area contributed by atoms with Crippen molar-refractivity contribution in [3.63, 3.8) is 0 Å². The monoisotopic (exact) mass is 629 g/mol. The number of carbonyl (C=O) groups is 6. The molecule has 0 aromatic rings. The van der Waals surface area contributed by atoms with Gasteiger partial charge in [0, 0.05) is 39.5 Å². The molecule has 0 spiro atoms. The van der Waals surface area contributed by atoms with E-state index in [2.05, 4.69) is 10.6 Å². The number of nitrogens with one attached hydrogen (secondary N) is 2. The predicted molar refractivity (Wildman–Crippen MR) is 159 cm³/mol. The summed E-state index contributed by atoms with van der Waals surface area (Å²) < 4.78 is 5.44. The number of esters is 1. The van der Waals surface area contributed by atoms with Crippen LogP contribution in [0.1, 0.15) is 66.7 Å². The molecule has 13 nitrogen and oxygen atoms in total. The number of hydrogen-bond donors (Lipinski definition) is 3. The SMILES string of the molecule is CC[C@@H](C)[C@@H]1NC(=O)[C@@H]2CCCN2C(=O)[C@@H](CC(O)CCl)OC(=O)CCNC(=O)[C@H](C)N(C)C(=O)[C@H](C(C)C)N(C)C1=O. The largest absolute Gasteiger partial charge is 0.452 e. The van der Waals surface area contributed by atoms with Crippen LogP contribution in [0.5, 0.6) is 0 Å². The quantitative estimate of drug-likeness (QED) is 0.278. The normalized spacial score (nSPS) is 28.9. The zero-order valence-corrected chi connectivity index (χ0v) is 27.1. The van der Waals surface area contributed by atoms with E-state index in [0.717, 1.165) is 0 Å². The highest BCUT2D eigenvalue weighted by Crippen LogP contribution is 2.23. The maximum Gasteiger partial charge on any atom is 0.308 e. The molecule has 2 heterocycles. The second-order valence-electron chi connectivity index (χ2n) is 11.9. The third-order valence-electron chi connectivity index (χ3n) is 8.41. The van der Waals surface area contributed by atoms with Crippen molar-refractivity contribution in [2.75, 3.05) is 33.1 Å². The van der Waals surface area contributed by atoms with Crippen LogP contribution in [0, 0.1) is 11.8 Å². The molecule has 0 aliphatic carbocycles. The van der Waals surface area contributed by atoms with Gasteiger partial charge in [0.15, 0.2) is 6.10 Å². The molecule has 2 fully saturated rings. The van der Waals surface area contributed by atoms with Crippen LogP contribution in [-0.4, -0.2) is 125 Å². The minimum Gasteiger partial charge on any atom is -0.452 e. The molecule has 0 bridgehead atoms. The maximum absolute atomic E-state index is 13.9. The smallest absolute Gasteiger partial charge is 0.308 e. The summed E-state index contributed by atoms with van der Waals surface area (Å²) in [5.74, 6) is -4.24. The zero-order chi connectivity index (χ0) is 32.6. The van der Waals surface area contributed by atoms with Gasteiger partial charge in [0.1, 0.15) is 24.2 Å². The second-order valence-corrected chi connectivity index (χ2v) is 12.2. The molecule has 2 rings (SSSR count). The molecular weight excluding hydrogens is 582 g/mol. The summed E-state index contributed by atoms with van der Waals surface area (Å²) in [7, 11) is 2.98. The third-order valence-corrected chi connectivity index (χ3v) is 8.77. The van der Waals surface area contributed by atoms with Crippen molar-refractivity contribution in [3.05, 3.63) is 0 Å². The number of rotatable bonds is 6. The van der Waals surface area contributed by atoms with Gasteiger partial charge in [-0.2, -0.15) is 0 Å². The Morgan fingerprint density at radius 3 is 2.23 bits per heavy atom. The average molecular weight is 630 g/mol. The van der Waals surface area contributed by atoms with E-state index in [-0.39, 0.29) is 43.6 Å². The molecular formula is C29H48ClN5O8. The Kier molecular flexibility index (Phi) is 13.7. The van der Waals surface area contributed by atoms with Gasteiger partial charge in [0.2, 0.25) is 23.6 Å². The van der Waals surface area contributed by atoms with Gasteiger partial charge >= 0.3 is 5.97 Å². The fraction of sp³-hybridized carbons (Fsp3) is 0.793. The number of aliphatic hydroxyl groups is 1. The molecule has 1 unspecified atom stereocenters. The van der Waals surface area contributed by atoms with Gasteiger partial charge in [-0.1, -0.05) is 34.1 Å². The van der Waals surface area contributed by atoms with Gasteiger partial charge in [0.05, 0.1) is 12.5 Å². The summed E-state index contributed by atoms with van der Waals surface area (Å²) >= 11 is 5.76. The van der Waals surface area contributed by atoms with E-state index in [1.54, 1.807) is 13.8 Å². The Hall–Kier alpha value is -2.93. The van der Waals surface area contributed by atoms with Crippen LogP contribution in [-0.2, 0) is 33.5 Å². The number of hydrogen-bond acceptors (Lipinski definition) is 8. The Morgan fingerprint density at radius 1 is 1.00 bits per heavy atom. The first-order valence-electron chi connectivity index (χ1n) is 15.0. The van der Waals surface area contributed by atoms with E-state index in [4.69, 9.17) is 16.3 Å². The minimum absolute atomic E-state index is 0.125. The lowest BCUT2D eigenvalue weighted by molar-refractivity contribution is -0.163. The van der Waals surface area contributed by atoms with E-state index in [1.165, 1.54) is 35.7 Å². The van der Waals surface area contributed by atoms with E-state index in [9.17, 15) is 33.9 Å². The molecule has 0 aromatic heterocycles. The molecule has 43 heavy (non-hydrogen) atoms. The van der Waals surface area contributed by atoms with Gasteiger partial charge in [-0.3, -0.25) is 28.8 Å². The fourth-order valence-corrected chi connectivity index (χ4v) is 5.54. The van der Waals surface area contributed by atoms with Crippen LogP contribution in [0.15, 0.2) is 0 Å². The number of cyclic esters (lactones) is 1. The number of halogens is 1. The van der Waals surface area contributed by atoms with Crippen LogP contribution in [0.3, 0.4) is 0 Å². The topological polar surface area (TPSA) is 166 Å². The zero-order valence-electron chi connectivity index (χ0n) is 26.3. The van der Waals surface area contributed by atoms with Crippen molar-refractivity contribution in [2.45, 2.75) is 103 Å². The Balaban J connectivity index is 2.54. The molecule has 7 atom stereocenters. The summed E-state index contributed by atoms with van der Waals surface area (Å²) in [6.45, 7) is 8.91. The molecule has 0 radical (unpaired) electrons. The molecule has 5 amide bonds. The van der Waals surface area contributed by atoms with Crippen molar-refractivity contribution in [1.82, 2.24) is 25.3 Å². The Bertz CT molecular complexity index is 1040. The highest BCUT2D eigenvalue weighted by Gasteiger charge is 2.43. The van der Waals surface area contributed by atoms with Gasteiger partial charge < -0.3 is 35.2 Å². The number of aliphatic hydroxyl groups excluding tert-OH is 1. The predicted octanol–water partition coefficient (Wildman–Crippen LogP) is 0.260. The summed E-state index contributed by atoms with van der Waals surface area (Å²) in [5.41, 5.74) is 0. The van der Waals surface area contributed by atoms with Gasteiger partial charge in [0.25, 0.3) is 5.91 Å². The van der Waals surface area contributed by atoms with E-state index >= 15 is 0 Å². The molecule has 3 N–H and O–H groups in total. The first-order chi connectivity index (χ1) is 20.2. The lowest BCUT2D eigenvalue weighted by Gasteiger charge is -2.38. The van der Waals surface area contributed by atoms with Crippen LogP contribution >= 0.6 is 11.6 Å². The fourth-order valence-electron chi connectivity index (χ4n) is 5.41. The number of ether oxygens (including phenoxy) is 1. The molecule has 2 saturated heterocycles. The Morgan fingerprint density at radius 2 is 1.65 bits per heavy atom. The highest BCUT2D eigenvalue weighted by molar-refractivity contribution is 6.18. The van der Waals surface area contributed by atoms with Gasteiger partial charge in [-0.05, 0) is 31.6 Å². The maximum atomic E-state index is 13.9. The van der Waals surface area contributed by atoms with Crippen LogP contribution < -0.4 is 10.6 Å². The van der Waals surface area contributed by atoms with Crippen LogP contribution in [0.2, 0.25) is 0 Å². The van der Waals surface area contributed by atoms with E-state index in [0.29, 0.717) is 19.3 Å². The highest BCUT2D eigenvalue weighted by atomic mass is 35.5. The molecule has 2 aliphatic rings. The van der Waals surface area contributed by atoms with E-state index in [1.807, 2.05) is 13.8 Å². The number of alkyl halides is 1. The first kappa shape index (κ1) is 36.3. The minimum atomic E-state index is -1.40. The molecule has 0 saturated carbocycles. The van der Waals surface area contributed by atoms with Crippen molar-refractivity contribution < 1.29 is 38.6 Å². The van der Waals surface area contributed by atoms with Crippen molar-refractivity contribution in [3.8, 4) is 0 Å². The second kappa shape index (κ2) is 16.2. The van der Waals surface area contributed by atoms with Gasteiger partial charge in [-0.15, -0.1) is 11.6 Å². The number of fused-ring (bicyclic) bond motifs is 1. The molecule has 244 valence electrons. The number of carbonyl (C=O) groups excluding carboxylic acids is 6. The number of nitrogens with zero attached hydrogens (tertiary/aromatic N) is 3. The average Bonchev–Trinajstić information content (AvgIpc) is 3.46. The first-order valence-corrected chi connectivity index (χ1v) is 15.5. The summed E-state index contributed by atoms with van der Waals surface area (Å²) in [4.78, 5) is 84.3. The summed E-state index contributed by atoms with van der Waals surface area (Å²) in [5, 5.41) is 15.6. The van der Waals surface area contributed by atoms with Crippen LogP contribution in [0.4, 0.5) is 0 Å². The van der Waals surface area contributed by atoms with Crippen molar-refractivity contribution in [2.24, 2.45) is 11.8 Å². The summed E-state index contributed by atoms with van der Waals surface area (Å²) in [6, 6.07) is -3.77. The lowest BCUT2D eigenvalue weighted by atomic mass is 9.94. The Labute approximate surface area is 259 Å². The lowest BCUT2D eigenvalue weighted by Crippen LogP contribution is -2.60. The summed E-state index contributed by atoms with van der Waals surface area (Å²) in [6.07, 6.45) is -1.72. The van der Waals surface area contributed by atoms with Crippen molar-refractivity contribution in [1.29, 1.82) is 0 Å². The van der Waals surface area contributed by atoms with Gasteiger partial charge in [-0.25, -0.2) is 0 Å². The third kappa shape index (κ3) is 9.04. The molecule has 14 heteroatoms. The van der Waals surface area contributed by atoms with Crippen LogP contribution in [0.25, 0.3) is 0 Å². The number of likely N-dealkylation sites (N-methyl/N-ethyl adjacent to an activating group) is 2. The van der Waals surface area contributed by atoms with E-state index < -0.39 is 71.9 Å². The number of amides is 5. The standard InChI is InChI=1S/C29H48ClN5O8/c1-8-17(4)23-28(41)34(7)24(16(2)3)29(42)33(6)18(5)25(38)31-12-11-22(37)43-21(14-19(36)15-30)27(40)35-13-9-10-20(35)26(39)32-23/h16-21,23-24,36H,8-15H2,1-7H3,(H,31,38)(H,32,39)/t17-,18+,19?,20+,21-,23+,24+/m1/s1. The molecule has 2 aliphatic heterocycles.